The minimum Gasteiger partial charge on any atom is -0.387 e. The van der Waals surface area contributed by atoms with Gasteiger partial charge in [0.05, 0.1) is 16.8 Å². The number of nitrogens with two attached hydrogens (primary N) is 1. The molecule has 4 rings (SSSR count). The number of aromatic nitrogens is 2. The van der Waals surface area contributed by atoms with E-state index in [1.807, 2.05) is 24.6 Å². The molecule has 1 aromatic carbocycles. The number of amides is 1. The van der Waals surface area contributed by atoms with E-state index in [1.54, 1.807) is 35.6 Å². The quantitative estimate of drug-likeness (QED) is 0.469. The number of thiophene rings is 1. The predicted octanol–water partition coefficient (Wildman–Crippen LogP) is 2.48. The zero-order valence-corrected chi connectivity index (χ0v) is 21.5. The second kappa shape index (κ2) is 11.8. The summed E-state index contributed by atoms with van der Waals surface area (Å²) in [6.07, 6.45) is 1.46. The van der Waals surface area contributed by atoms with E-state index in [1.165, 1.54) is 10.5 Å². The average Bonchev–Trinajstić information content (AvgIpc) is 3.34. The number of nitrogens with zero attached hydrogens (tertiary/aromatic N) is 4. The Bertz CT molecular complexity index is 1230. The maximum Gasteiger partial charge on any atom is 0.414 e. The molecule has 2 aromatic heterocycles. The number of rotatable bonds is 7. The van der Waals surface area contributed by atoms with Crippen molar-refractivity contribution in [1.29, 1.82) is 0 Å². The lowest BCUT2D eigenvalue weighted by molar-refractivity contribution is 0.199. The van der Waals surface area contributed by atoms with Gasteiger partial charge in [-0.25, -0.2) is 23.2 Å². The first-order chi connectivity index (χ1) is 16.3. The van der Waals surface area contributed by atoms with Gasteiger partial charge in [-0.1, -0.05) is 18.2 Å². The SMILES string of the molecule is CN1CCN(S(=O)(=O)c2ccc(-c3cnc(N)c(OC(=O)NCCc4cccs4)n3)cc2)CC1.Cl. The molecular weight excluding hydrogens is 512 g/mol. The lowest BCUT2D eigenvalue weighted by Gasteiger charge is -2.31. The van der Waals surface area contributed by atoms with Crippen LogP contribution in [-0.4, -0.2) is 73.5 Å². The molecule has 0 unspecified atom stereocenters. The summed E-state index contributed by atoms with van der Waals surface area (Å²) in [7, 11) is -1.60. The highest BCUT2D eigenvalue weighted by molar-refractivity contribution is 7.89. The lowest BCUT2D eigenvalue weighted by atomic mass is 10.2. The zero-order chi connectivity index (χ0) is 24.1. The number of hydrogen-bond acceptors (Lipinski definition) is 9. The van der Waals surface area contributed by atoms with E-state index in [9.17, 15) is 13.2 Å². The standard InChI is InChI=1S/C22H26N6O4S2.ClH/c1-27-10-12-28(13-11-27)34(30,31)18-6-4-16(5-7-18)19-15-25-20(23)21(26-19)32-22(29)24-9-8-17-3-2-14-33-17;/h2-7,14-15H,8-13H2,1H3,(H2,23,25)(H,24,29);1H. The number of carbonyl (C=O) groups is 1. The van der Waals surface area contributed by atoms with E-state index >= 15 is 0 Å². The first kappa shape index (κ1) is 26.8. The molecule has 13 heteroatoms. The smallest absolute Gasteiger partial charge is 0.387 e. The summed E-state index contributed by atoms with van der Waals surface area (Å²) >= 11 is 1.61. The number of benzene rings is 1. The van der Waals surface area contributed by atoms with Gasteiger partial charge >= 0.3 is 6.09 Å². The largest absolute Gasteiger partial charge is 0.414 e. The molecule has 0 radical (unpaired) electrons. The molecular formula is C22H27ClN6O4S2. The van der Waals surface area contributed by atoms with Gasteiger partial charge in [-0.3, -0.25) is 0 Å². The van der Waals surface area contributed by atoms with Crippen LogP contribution in [0.2, 0.25) is 0 Å². The Labute approximate surface area is 214 Å². The summed E-state index contributed by atoms with van der Waals surface area (Å²) in [5, 5.41) is 4.64. The molecule has 0 bridgehead atoms. The van der Waals surface area contributed by atoms with E-state index in [4.69, 9.17) is 10.5 Å². The number of halogens is 1. The fourth-order valence-electron chi connectivity index (χ4n) is 3.44. The summed E-state index contributed by atoms with van der Waals surface area (Å²) in [5.41, 5.74) is 6.85. The van der Waals surface area contributed by atoms with Crippen molar-refractivity contribution in [3.05, 3.63) is 52.9 Å². The van der Waals surface area contributed by atoms with Crippen molar-refractivity contribution in [3.8, 4) is 17.1 Å². The van der Waals surface area contributed by atoms with Gasteiger partial charge in [0.15, 0.2) is 5.82 Å². The van der Waals surface area contributed by atoms with Gasteiger partial charge in [-0.15, -0.1) is 23.7 Å². The lowest BCUT2D eigenvalue weighted by Crippen LogP contribution is -2.46. The summed E-state index contributed by atoms with van der Waals surface area (Å²) in [6.45, 7) is 2.72. The fraction of sp³-hybridized carbons (Fsp3) is 0.318. The minimum atomic E-state index is -3.57. The van der Waals surface area contributed by atoms with Crippen molar-refractivity contribution < 1.29 is 17.9 Å². The number of hydrogen-bond donors (Lipinski definition) is 2. The van der Waals surface area contributed by atoms with Crippen molar-refractivity contribution >= 4 is 45.7 Å². The van der Waals surface area contributed by atoms with Gasteiger partial charge in [0.2, 0.25) is 10.0 Å². The van der Waals surface area contributed by atoms with Crippen LogP contribution in [0.1, 0.15) is 4.88 Å². The molecule has 3 N–H and O–H groups in total. The minimum absolute atomic E-state index is 0. The van der Waals surface area contributed by atoms with E-state index < -0.39 is 16.1 Å². The summed E-state index contributed by atoms with van der Waals surface area (Å²) in [4.78, 5) is 24.0. The highest BCUT2D eigenvalue weighted by Crippen LogP contribution is 2.25. The molecule has 0 atom stereocenters. The van der Waals surface area contributed by atoms with Gasteiger partial charge in [0.25, 0.3) is 5.88 Å². The van der Waals surface area contributed by atoms with Crippen LogP contribution in [0.5, 0.6) is 5.88 Å². The van der Waals surface area contributed by atoms with E-state index in [-0.39, 0.29) is 29.0 Å². The highest BCUT2D eigenvalue weighted by Gasteiger charge is 2.27. The number of nitrogens with one attached hydrogen (secondary N) is 1. The van der Waals surface area contributed by atoms with Crippen LogP contribution in [0, 0.1) is 0 Å². The third-order valence-electron chi connectivity index (χ3n) is 5.43. The average molecular weight is 539 g/mol. The molecule has 1 amide bonds. The van der Waals surface area contributed by atoms with Crippen molar-refractivity contribution in [1.82, 2.24) is 24.5 Å². The number of sulfonamides is 1. The number of piperazine rings is 1. The monoisotopic (exact) mass is 538 g/mol. The molecule has 3 aromatic rings. The van der Waals surface area contributed by atoms with Crippen LogP contribution in [0.15, 0.2) is 52.9 Å². The fourth-order valence-corrected chi connectivity index (χ4v) is 5.57. The van der Waals surface area contributed by atoms with Crippen molar-refractivity contribution in [2.45, 2.75) is 11.3 Å². The third-order valence-corrected chi connectivity index (χ3v) is 8.28. The Morgan fingerprint density at radius 2 is 1.89 bits per heavy atom. The van der Waals surface area contributed by atoms with Gasteiger partial charge in [0, 0.05) is 43.2 Å². The number of ether oxygens (including phenoxy) is 1. The molecule has 1 aliphatic rings. The van der Waals surface area contributed by atoms with Gasteiger partial charge in [0.1, 0.15) is 0 Å². The van der Waals surface area contributed by atoms with Crippen molar-refractivity contribution in [2.75, 3.05) is 45.5 Å². The molecule has 1 aliphatic heterocycles. The van der Waals surface area contributed by atoms with Crippen LogP contribution in [0.25, 0.3) is 11.3 Å². The van der Waals surface area contributed by atoms with Crippen LogP contribution >= 0.6 is 23.7 Å². The number of likely N-dealkylation sites (N-methyl/N-ethyl adjacent to an activating group) is 1. The van der Waals surface area contributed by atoms with Crippen molar-refractivity contribution in [3.63, 3.8) is 0 Å². The third kappa shape index (κ3) is 6.67. The molecule has 35 heavy (non-hydrogen) atoms. The van der Waals surface area contributed by atoms with Gasteiger partial charge in [-0.2, -0.15) is 4.31 Å². The maximum absolute atomic E-state index is 12.9. The Balaban J connectivity index is 0.00000342. The summed E-state index contributed by atoms with van der Waals surface area (Å²) in [6, 6.07) is 10.3. The van der Waals surface area contributed by atoms with Crippen LogP contribution in [0.3, 0.4) is 0 Å². The Morgan fingerprint density at radius 3 is 2.54 bits per heavy atom. The predicted molar refractivity (Wildman–Crippen MR) is 137 cm³/mol. The number of anilines is 1. The topological polar surface area (TPSA) is 131 Å². The maximum atomic E-state index is 12.9. The van der Waals surface area contributed by atoms with Gasteiger partial charge < -0.3 is 20.7 Å². The van der Waals surface area contributed by atoms with E-state index in [2.05, 4.69) is 20.2 Å². The molecule has 3 heterocycles. The number of carbonyl (C=O) groups excluding carboxylic acids is 1. The first-order valence-corrected chi connectivity index (χ1v) is 13.0. The number of nitrogen functional groups attached to an aromatic ring is 1. The second-order valence-electron chi connectivity index (χ2n) is 7.82. The second-order valence-corrected chi connectivity index (χ2v) is 10.8. The Morgan fingerprint density at radius 1 is 1.17 bits per heavy atom. The molecule has 10 nitrogen and oxygen atoms in total. The van der Waals surface area contributed by atoms with Crippen LogP contribution in [-0.2, 0) is 16.4 Å². The first-order valence-electron chi connectivity index (χ1n) is 10.7. The van der Waals surface area contributed by atoms with Crippen molar-refractivity contribution in [2.24, 2.45) is 0 Å². The Hall–Kier alpha value is -2.77. The van der Waals surface area contributed by atoms with Crippen LogP contribution in [0.4, 0.5) is 10.6 Å². The van der Waals surface area contributed by atoms with Crippen LogP contribution < -0.4 is 15.8 Å². The zero-order valence-electron chi connectivity index (χ0n) is 19.1. The van der Waals surface area contributed by atoms with E-state index in [0.29, 0.717) is 50.4 Å². The summed E-state index contributed by atoms with van der Waals surface area (Å²) in [5.74, 6) is -0.133. The normalized spacial score (nSPS) is 14.8. The molecule has 0 spiro atoms. The molecule has 1 saturated heterocycles. The summed E-state index contributed by atoms with van der Waals surface area (Å²) < 4.78 is 32.6. The Kier molecular flexibility index (Phi) is 9.03. The molecule has 1 fully saturated rings. The van der Waals surface area contributed by atoms with Gasteiger partial charge in [-0.05, 0) is 37.0 Å². The highest BCUT2D eigenvalue weighted by atomic mass is 35.5. The molecule has 0 aliphatic carbocycles. The van der Waals surface area contributed by atoms with E-state index in [0.717, 1.165) is 4.88 Å². The molecule has 188 valence electrons. The molecule has 0 saturated carbocycles.